The van der Waals surface area contributed by atoms with Crippen LogP contribution in [0.4, 0.5) is 0 Å². The van der Waals surface area contributed by atoms with Gasteiger partial charge in [0.05, 0.1) is 24.8 Å². The van der Waals surface area contributed by atoms with Crippen LogP contribution in [0.5, 0.6) is 5.75 Å². The van der Waals surface area contributed by atoms with E-state index in [0.717, 1.165) is 27.6 Å². The van der Waals surface area contributed by atoms with E-state index in [0.29, 0.717) is 18.1 Å². The highest BCUT2D eigenvalue weighted by molar-refractivity contribution is 7.10. The summed E-state index contributed by atoms with van der Waals surface area (Å²) >= 11 is 1.59. The molecule has 0 atom stereocenters. The number of nitrogens with zero attached hydrogens (tertiary/aromatic N) is 3. The zero-order chi connectivity index (χ0) is 17.1. The fourth-order valence-electron chi connectivity index (χ4n) is 2.53. The number of aromatic nitrogens is 3. The Labute approximate surface area is 148 Å². The molecule has 4 rings (SSSR count). The van der Waals surface area contributed by atoms with E-state index in [4.69, 9.17) is 9.26 Å². The first-order valence-corrected chi connectivity index (χ1v) is 8.67. The van der Waals surface area contributed by atoms with E-state index in [2.05, 4.69) is 15.1 Å². The van der Waals surface area contributed by atoms with Crippen molar-refractivity contribution in [2.75, 3.05) is 7.11 Å². The smallest absolute Gasteiger partial charge is 0.233 e. The van der Waals surface area contributed by atoms with Gasteiger partial charge in [-0.2, -0.15) is 4.98 Å². The predicted octanol–water partition coefficient (Wildman–Crippen LogP) is 4.46. The first-order valence-electron chi connectivity index (χ1n) is 7.79. The molecule has 0 aliphatic heterocycles. The molecule has 124 valence electrons. The van der Waals surface area contributed by atoms with Crippen molar-refractivity contribution in [3.63, 3.8) is 0 Å². The maximum Gasteiger partial charge on any atom is 0.233 e. The molecule has 0 N–H and O–H groups in total. The number of ether oxygens (including phenoxy) is 1. The molecule has 25 heavy (non-hydrogen) atoms. The Morgan fingerprint density at radius 1 is 1.00 bits per heavy atom. The quantitative estimate of drug-likeness (QED) is 0.532. The summed E-state index contributed by atoms with van der Waals surface area (Å²) in [6, 6.07) is 17.7. The van der Waals surface area contributed by atoms with E-state index in [1.165, 1.54) is 0 Å². The molecule has 6 heteroatoms. The second kappa shape index (κ2) is 6.86. The van der Waals surface area contributed by atoms with Gasteiger partial charge in [-0.3, -0.25) is 0 Å². The Kier molecular flexibility index (Phi) is 4.26. The number of rotatable bonds is 5. The van der Waals surface area contributed by atoms with Crippen molar-refractivity contribution in [3.8, 4) is 28.4 Å². The molecule has 0 unspecified atom stereocenters. The molecule has 5 nitrogen and oxygen atoms in total. The minimum absolute atomic E-state index is 0.514. The van der Waals surface area contributed by atoms with Crippen LogP contribution in [0.3, 0.4) is 0 Å². The van der Waals surface area contributed by atoms with Crippen LogP contribution in [0.1, 0.15) is 10.9 Å². The molecule has 0 spiro atoms. The minimum Gasteiger partial charge on any atom is -0.496 e. The Morgan fingerprint density at radius 2 is 1.80 bits per heavy atom. The van der Waals surface area contributed by atoms with E-state index in [-0.39, 0.29) is 0 Å². The van der Waals surface area contributed by atoms with Gasteiger partial charge in [0.15, 0.2) is 0 Å². The second-order valence-corrected chi connectivity index (χ2v) is 6.32. The summed E-state index contributed by atoms with van der Waals surface area (Å²) in [7, 11) is 1.63. The SMILES string of the molecule is COc1ccccc1-c1noc(Cc2nc(-c3ccccc3)cs2)n1. The molecule has 0 radical (unpaired) electrons. The third-order valence-corrected chi connectivity index (χ3v) is 4.59. The van der Waals surface area contributed by atoms with Crippen molar-refractivity contribution in [1.29, 1.82) is 0 Å². The van der Waals surface area contributed by atoms with Gasteiger partial charge < -0.3 is 9.26 Å². The second-order valence-electron chi connectivity index (χ2n) is 5.38. The largest absolute Gasteiger partial charge is 0.496 e. The molecule has 0 saturated carbocycles. The number of hydrogen-bond donors (Lipinski definition) is 0. The lowest BCUT2D eigenvalue weighted by Gasteiger charge is -2.02. The normalized spacial score (nSPS) is 10.8. The Balaban J connectivity index is 1.55. The summed E-state index contributed by atoms with van der Waals surface area (Å²) in [5, 5.41) is 7.05. The Hall–Kier alpha value is -2.99. The molecule has 2 aromatic carbocycles. The average molecular weight is 349 g/mol. The maximum atomic E-state index is 5.39. The van der Waals surface area contributed by atoms with Crippen LogP contribution >= 0.6 is 11.3 Å². The number of benzene rings is 2. The minimum atomic E-state index is 0.514. The van der Waals surface area contributed by atoms with E-state index < -0.39 is 0 Å². The van der Waals surface area contributed by atoms with Crippen LogP contribution in [0.25, 0.3) is 22.6 Å². The van der Waals surface area contributed by atoms with Crippen molar-refractivity contribution >= 4 is 11.3 Å². The molecule has 0 saturated heterocycles. The van der Waals surface area contributed by atoms with Crippen molar-refractivity contribution < 1.29 is 9.26 Å². The van der Waals surface area contributed by atoms with Gasteiger partial charge in [0.1, 0.15) is 10.8 Å². The van der Waals surface area contributed by atoms with E-state index in [9.17, 15) is 0 Å². The number of thiazole rings is 1. The Morgan fingerprint density at radius 3 is 2.64 bits per heavy atom. The van der Waals surface area contributed by atoms with Crippen molar-refractivity contribution in [1.82, 2.24) is 15.1 Å². The average Bonchev–Trinajstić information content (AvgIpc) is 3.32. The summed E-state index contributed by atoms with van der Waals surface area (Å²) in [6.07, 6.45) is 0.514. The predicted molar refractivity (Wildman–Crippen MR) is 96.6 cm³/mol. The molecule has 2 heterocycles. The van der Waals surface area contributed by atoms with Gasteiger partial charge in [-0.15, -0.1) is 11.3 Å². The monoisotopic (exact) mass is 349 g/mol. The van der Waals surface area contributed by atoms with Crippen molar-refractivity contribution in [2.45, 2.75) is 6.42 Å². The highest BCUT2D eigenvalue weighted by atomic mass is 32.1. The lowest BCUT2D eigenvalue weighted by molar-refractivity contribution is 0.384. The van der Waals surface area contributed by atoms with Gasteiger partial charge in [0, 0.05) is 10.9 Å². The highest BCUT2D eigenvalue weighted by Crippen LogP contribution is 2.28. The third kappa shape index (κ3) is 3.29. The maximum absolute atomic E-state index is 5.39. The van der Waals surface area contributed by atoms with Crippen LogP contribution in [0.15, 0.2) is 64.5 Å². The molecule has 4 aromatic rings. The molecule has 0 bridgehead atoms. The zero-order valence-corrected chi connectivity index (χ0v) is 14.4. The van der Waals surface area contributed by atoms with Crippen LogP contribution in [0.2, 0.25) is 0 Å². The first-order chi connectivity index (χ1) is 12.3. The van der Waals surface area contributed by atoms with Crippen molar-refractivity contribution in [2.24, 2.45) is 0 Å². The van der Waals surface area contributed by atoms with Gasteiger partial charge in [-0.05, 0) is 12.1 Å². The molecule has 0 fully saturated rings. The lowest BCUT2D eigenvalue weighted by Crippen LogP contribution is -1.90. The van der Waals surface area contributed by atoms with Gasteiger partial charge in [-0.25, -0.2) is 4.98 Å². The van der Waals surface area contributed by atoms with E-state index in [1.807, 2.05) is 60.0 Å². The van der Waals surface area contributed by atoms with E-state index >= 15 is 0 Å². The fourth-order valence-corrected chi connectivity index (χ4v) is 3.32. The highest BCUT2D eigenvalue weighted by Gasteiger charge is 2.14. The summed E-state index contributed by atoms with van der Waals surface area (Å²) in [5.41, 5.74) is 2.87. The van der Waals surface area contributed by atoms with Crippen molar-refractivity contribution in [3.05, 3.63) is 70.9 Å². The Bertz CT molecular complexity index is 979. The van der Waals surface area contributed by atoms with Gasteiger partial charge in [0.25, 0.3) is 0 Å². The summed E-state index contributed by atoms with van der Waals surface area (Å²) in [5.74, 6) is 1.78. The van der Waals surface area contributed by atoms with Crippen LogP contribution in [-0.4, -0.2) is 22.2 Å². The van der Waals surface area contributed by atoms with Gasteiger partial charge in [-0.1, -0.05) is 47.6 Å². The number of methoxy groups -OCH3 is 1. The molecule has 0 aliphatic carbocycles. The molecular formula is C19H15N3O2S. The molecule has 0 aliphatic rings. The standard InChI is InChI=1S/C19H15N3O2S/c1-23-16-10-6-5-9-14(16)19-21-17(24-22-19)11-18-20-15(12-25-18)13-7-3-2-4-8-13/h2-10,12H,11H2,1H3. The molecular weight excluding hydrogens is 334 g/mol. The first kappa shape index (κ1) is 15.5. The number of para-hydroxylation sites is 1. The summed E-state index contributed by atoms with van der Waals surface area (Å²) in [6.45, 7) is 0. The fraction of sp³-hybridized carbons (Fsp3) is 0.105. The lowest BCUT2D eigenvalue weighted by atomic mass is 10.2. The van der Waals surface area contributed by atoms with E-state index in [1.54, 1.807) is 18.4 Å². The molecule has 0 amide bonds. The summed E-state index contributed by atoms with van der Waals surface area (Å²) < 4.78 is 10.7. The molecule has 2 aromatic heterocycles. The zero-order valence-electron chi connectivity index (χ0n) is 13.5. The van der Waals surface area contributed by atoms with Gasteiger partial charge >= 0.3 is 0 Å². The van der Waals surface area contributed by atoms with Crippen LogP contribution in [0, 0.1) is 0 Å². The third-order valence-electron chi connectivity index (χ3n) is 3.74. The topological polar surface area (TPSA) is 61.0 Å². The van der Waals surface area contributed by atoms with Gasteiger partial charge in [0.2, 0.25) is 11.7 Å². The van der Waals surface area contributed by atoms with Crippen LogP contribution in [-0.2, 0) is 6.42 Å². The van der Waals surface area contributed by atoms with Crippen LogP contribution < -0.4 is 4.74 Å². The number of hydrogen-bond acceptors (Lipinski definition) is 6. The summed E-state index contributed by atoms with van der Waals surface area (Å²) in [4.78, 5) is 9.13.